The predicted octanol–water partition coefficient (Wildman–Crippen LogP) is 2.20. The van der Waals surface area contributed by atoms with Crippen molar-refractivity contribution in [1.82, 2.24) is 14.2 Å². The molecule has 3 rings (SSSR count). The number of aromatic nitrogens is 2. The second-order valence-corrected chi connectivity index (χ2v) is 9.78. The third-order valence-electron chi connectivity index (χ3n) is 5.25. The van der Waals surface area contributed by atoms with E-state index in [0.29, 0.717) is 5.56 Å². The Kier molecular flexibility index (Phi) is 6.92. The Morgan fingerprint density at radius 1 is 1.45 bits per heavy atom. The fraction of sp³-hybridized carbons (Fsp3) is 0.750. The van der Waals surface area contributed by atoms with E-state index in [4.69, 9.17) is 26.5 Å². The summed E-state index contributed by atoms with van der Waals surface area (Å²) in [4.78, 5) is 29.9. The van der Waals surface area contributed by atoms with E-state index in [0.717, 1.165) is 0 Å². The lowest BCUT2D eigenvalue weighted by Gasteiger charge is -2.37. The minimum atomic E-state index is -1.58. The first-order chi connectivity index (χ1) is 15.1. The molecule has 31 heavy (non-hydrogen) atoms. The molecule has 172 valence electrons. The molecule has 0 saturated carbocycles. The molecule has 1 aromatic heterocycles. The normalized spacial score (nSPS) is 29.0. The highest BCUT2D eigenvalue weighted by molar-refractivity contribution is 7.44. The lowest BCUT2D eigenvalue weighted by atomic mass is 10.0. The van der Waals surface area contributed by atoms with E-state index >= 15 is 0 Å². The van der Waals surface area contributed by atoms with Crippen LogP contribution in [0.25, 0.3) is 4.85 Å². The Morgan fingerprint density at radius 2 is 2.16 bits per heavy atom. The SMILES string of the molecule is [2H]C[C@@]12CO[C@@H]([C@H](n3cc(C)c(=O)[nH]c3=O)O1)[C@@H]2OP(OCC[N+]#[C-])N(C(C)C)C(C)C. The highest BCUT2D eigenvalue weighted by Crippen LogP contribution is 2.54. The molecule has 2 bridgehead atoms. The molecule has 0 radical (unpaired) electrons. The first kappa shape index (κ1) is 22.6. The van der Waals surface area contributed by atoms with Gasteiger partial charge in [0.1, 0.15) is 24.4 Å². The van der Waals surface area contributed by atoms with E-state index in [2.05, 4.69) is 14.5 Å². The average molecular weight is 455 g/mol. The van der Waals surface area contributed by atoms with Gasteiger partial charge in [-0.05, 0) is 41.5 Å². The number of nitrogens with zero attached hydrogens (tertiary/aromatic N) is 3. The predicted molar refractivity (Wildman–Crippen MR) is 116 cm³/mol. The quantitative estimate of drug-likeness (QED) is 0.346. The van der Waals surface area contributed by atoms with Gasteiger partial charge in [-0.15, -0.1) is 0 Å². The van der Waals surface area contributed by atoms with Crippen LogP contribution in [-0.4, -0.2) is 63.9 Å². The number of aryl methyl sites for hydroxylation is 1. The van der Waals surface area contributed by atoms with Crippen molar-refractivity contribution in [2.45, 2.75) is 77.6 Å². The van der Waals surface area contributed by atoms with Crippen LogP contribution in [0.15, 0.2) is 15.8 Å². The maximum Gasteiger partial charge on any atom is 0.330 e. The number of nitrogens with one attached hydrogen (secondary N) is 1. The Balaban J connectivity index is 1.93. The van der Waals surface area contributed by atoms with Crippen LogP contribution < -0.4 is 11.2 Å². The molecule has 5 atom stereocenters. The average Bonchev–Trinajstić information content (AvgIpc) is 3.22. The molecule has 1 unspecified atom stereocenters. The molecule has 0 aliphatic carbocycles. The number of aromatic amines is 1. The van der Waals surface area contributed by atoms with Crippen LogP contribution >= 0.6 is 8.53 Å². The van der Waals surface area contributed by atoms with Crippen LogP contribution in [0.3, 0.4) is 0 Å². The Hall–Kier alpha value is -1.60. The lowest BCUT2D eigenvalue weighted by Crippen LogP contribution is -2.41. The maximum absolute atomic E-state index is 12.5. The third kappa shape index (κ3) is 4.77. The number of hydrogen-bond acceptors (Lipinski definition) is 7. The Bertz CT molecular complexity index is 955. The fourth-order valence-electron chi connectivity index (χ4n) is 3.88. The molecule has 2 aliphatic heterocycles. The summed E-state index contributed by atoms with van der Waals surface area (Å²) in [5, 5.41) is 0. The topological polar surface area (TPSA) is 99.4 Å². The summed E-state index contributed by atoms with van der Waals surface area (Å²) in [7, 11) is -1.58. The Morgan fingerprint density at radius 3 is 2.77 bits per heavy atom. The minimum Gasteiger partial charge on any atom is -0.368 e. The van der Waals surface area contributed by atoms with E-state index in [1.807, 2.05) is 27.7 Å². The molecule has 3 heterocycles. The summed E-state index contributed by atoms with van der Waals surface area (Å²) in [6.45, 7) is 17.3. The van der Waals surface area contributed by atoms with Crippen molar-refractivity contribution in [3.05, 3.63) is 44.0 Å². The van der Waals surface area contributed by atoms with Crippen molar-refractivity contribution in [2.75, 3.05) is 19.8 Å². The van der Waals surface area contributed by atoms with Crippen molar-refractivity contribution < 1.29 is 19.9 Å². The van der Waals surface area contributed by atoms with Crippen LogP contribution in [0.4, 0.5) is 0 Å². The molecule has 2 saturated heterocycles. The largest absolute Gasteiger partial charge is 0.368 e. The van der Waals surface area contributed by atoms with Gasteiger partial charge < -0.3 is 23.4 Å². The highest BCUT2D eigenvalue weighted by Gasteiger charge is 2.62. The molecule has 11 heteroatoms. The summed E-state index contributed by atoms with van der Waals surface area (Å²) >= 11 is 0. The van der Waals surface area contributed by atoms with Crippen molar-refractivity contribution in [3.63, 3.8) is 0 Å². The molecule has 0 spiro atoms. The van der Waals surface area contributed by atoms with Gasteiger partial charge in [0.25, 0.3) is 14.1 Å². The van der Waals surface area contributed by atoms with Crippen LogP contribution in [0.2, 0.25) is 0 Å². The van der Waals surface area contributed by atoms with E-state index in [1.54, 1.807) is 6.92 Å². The van der Waals surface area contributed by atoms with E-state index in [9.17, 15) is 9.59 Å². The zero-order valence-electron chi connectivity index (χ0n) is 19.5. The molecule has 0 amide bonds. The van der Waals surface area contributed by atoms with Gasteiger partial charge in [-0.1, -0.05) is 0 Å². The molecule has 10 nitrogen and oxygen atoms in total. The third-order valence-corrected chi connectivity index (χ3v) is 7.36. The minimum absolute atomic E-state index is 0.113. The van der Waals surface area contributed by atoms with Gasteiger partial charge in [0.05, 0.1) is 6.61 Å². The Labute approximate surface area is 184 Å². The molecule has 1 aromatic rings. The maximum atomic E-state index is 12.5. The number of rotatable bonds is 9. The van der Waals surface area contributed by atoms with Crippen LogP contribution in [0, 0.1) is 13.5 Å². The van der Waals surface area contributed by atoms with Gasteiger partial charge in [0.15, 0.2) is 6.23 Å². The van der Waals surface area contributed by atoms with Gasteiger partial charge in [0, 0.05) is 25.2 Å². The van der Waals surface area contributed by atoms with E-state index in [-0.39, 0.29) is 38.7 Å². The van der Waals surface area contributed by atoms with Crippen molar-refractivity contribution in [1.29, 1.82) is 0 Å². The van der Waals surface area contributed by atoms with Crippen molar-refractivity contribution in [3.8, 4) is 0 Å². The summed E-state index contributed by atoms with van der Waals surface area (Å²) in [6.07, 6.45) is -0.704. The standard InChI is InChI=1S/C20H31N4O6P/c1-12(2)24(13(3)4)31(28-9-8-21-7)30-16-15-18(29-20(16,6)11-27-15)23-10-14(5)17(25)22-19(23)26/h10,12-13,15-16,18H,8-9,11H2,1-6H3,(H,22,25,26)/t15-,16+,18-,20+,31?/m1/s1/i6D. The summed E-state index contributed by atoms with van der Waals surface area (Å²) in [6, 6.07) is 0.226. The number of ether oxygens (including phenoxy) is 2. The molecule has 2 fully saturated rings. The second kappa shape index (κ2) is 9.49. The van der Waals surface area contributed by atoms with E-state index in [1.165, 1.54) is 10.8 Å². The summed E-state index contributed by atoms with van der Waals surface area (Å²) < 4.78 is 36.2. The molecule has 2 aliphatic rings. The first-order valence-electron chi connectivity index (χ1n) is 11.0. The molecule has 0 aromatic carbocycles. The molecule has 1 N–H and O–H groups in total. The zero-order valence-corrected chi connectivity index (χ0v) is 19.4. The summed E-state index contributed by atoms with van der Waals surface area (Å²) in [5.74, 6) is 0. The molecular formula is C20H31N4O6P. The highest BCUT2D eigenvalue weighted by atomic mass is 31.2. The lowest BCUT2D eigenvalue weighted by molar-refractivity contribution is -0.167. The van der Waals surface area contributed by atoms with Crippen molar-refractivity contribution >= 4 is 8.53 Å². The smallest absolute Gasteiger partial charge is 0.330 e. The van der Waals surface area contributed by atoms with Crippen LogP contribution in [0.5, 0.6) is 0 Å². The second-order valence-electron chi connectivity index (χ2n) is 8.37. The van der Waals surface area contributed by atoms with Crippen LogP contribution in [0.1, 0.15) is 47.8 Å². The zero-order chi connectivity index (χ0) is 23.6. The first-order valence-corrected chi connectivity index (χ1v) is 11.4. The number of H-pyrrole nitrogens is 1. The van der Waals surface area contributed by atoms with Gasteiger partial charge in [0.2, 0.25) is 6.54 Å². The molecular weight excluding hydrogens is 423 g/mol. The van der Waals surface area contributed by atoms with E-state index < -0.39 is 43.8 Å². The number of hydrogen-bond donors (Lipinski definition) is 1. The number of fused-ring (bicyclic) bond motifs is 2. The fourth-order valence-corrected chi connectivity index (χ4v) is 5.68. The summed E-state index contributed by atoms with van der Waals surface area (Å²) in [5.41, 5.74) is -1.77. The van der Waals surface area contributed by atoms with Gasteiger partial charge in [-0.3, -0.25) is 14.3 Å². The monoisotopic (exact) mass is 455 g/mol. The van der Waals surface area contributed by atoms with Crippen molar-refractivity contribution in [2.24, 2.45) is 0 Å². The van der Waals surface area contributed by atoms with Gasteiger partial charge >= 0.3 is 5.69 Å². The van der Waals surface area contributed by atoms with Gasteiger partial charge in [-0.25, -0.2) is 16.0 Å². The van der Waals surface area contributed by atoms with Gasteiger partial charge in [-0.2, -0.15) is 0 Å². The van der Waals surface area contributed by atoms with Crippen LogP contribution in [-0.2, 0) is 18.5 Å².